The van der Waals surface area contributed by atoms with Gasteiger partial charge in [0.05, 0.1) is 39.5 Å². The van der Waals surface area contributed by atoms with E-state index >= 15 is 0 Å². The van der Waals surface area contributed by atoms with Crippen LogP contribution in [0.2, 0.25) is 0 Å². The molecule has 30 heavy (non-hydrogen) atoms. The molecule has 0 spiro atoms. The fraction of sp³-hybridized carbons (Fsp3) is 0.304. The maximum atomic E-state index is 13.9. The molecule has 0 N–H and O–H groups in total. The molecule has 1 aliphatic rings. The minimum atomic E-state index is -0.0965. The number of amides is 1. The van der Waals surface area contributed by atoms with Gasteiger partial charge in [0.15, 0.2) is 5.65 Å². The lowest BCUT2D eigenvalue weighted by molar-refractivity contribution is 0.0672. The van der Waals surface area contributed by atoms with Crippen molar-refractivity contribution >= 4 is 28.3 Å². The molecule has 1 saturated carbocycles. The fourth-order valence-electron chi connectivity index (χ4n) is 3.92. The van der Waals surface area contributed by atoms with E-state index in [9.17, 15) is 4.79 Å². The summed E-state index contributed by atoms with van der Waals surface area (Å²) in [5.41, 5.74) is 3.15. The summed E-state index contributed by atoms with van der Waals surface area (Å²) >= 11 is 1.62. The molecule has 1 aliphatic carbocycles. The van der Waals surface area contributed by atoms with Crippen molar-refractivity contribution in [3.63, 3.8) is 0 Å². The van der Waals surface area contributed by atoms with Gasteiger partial charge in [0, 0.05) is 18.8 Å². The molecule has 4 aromatic heterocycles. The standard InChI is InChI=1S/C23H23N5OS/c1-3-27-22-18(14-25-27)17(13-20(26-22)21-8-6-12-30-21)23(29)28(16-9-10-16)15(2)19-7-4-5-11-24-19/h4-8,11-16H,3,9-10H2,1-2H3/t15-/m0/s1. The van der Waals surface area contributed by atoms with Crippen LogP contribution in [0, 0.1) is 0 Å². The molecular weight excluding hydrogens is 394 g/mol. The van der Waals surface area contributed by atoms with Crippen LogP contribution in [-0.2, 0) is 6.54 Å². The van der Waals surface area contributed by atoms with E-state index in [4.69, 9.17) is 4.98 Å². The van der Waals surface area contributed by atoms with E-state index in [2.05, 4.69) is 17.0 Å². The van der Waals surface area contributed by atoms with Crippen LogP contribution in [0.4, 0.5) is 0 Å². The molecule has 0 bridgehead atoms. The summed E-state index contributed by atoms with van der Waals surface area (Å²) in [5.74, 6) is 0.0245. The van der Waals surface area contributed by atoms with E-state index in [0.29, 0.717) is 12.1 Å². The molecule has 1 atom stereocenters. The monoisotopic (exact) mass is 417 g/mol. The third-order valence-corrected chi connectivity index (χ3v) is 6.51. The van der Waals surface area contributed by atoms with Gasteiger partial charge in [-0.25, -0.2) is 9.67 Å². The Labute approximate surface area is 179 Å². The molecule has 5 rings (SSSR count). The predicted molar refractivity (Wildman–Crippen MR) is 118 cm³/mol. The molecule has 1 fully saturated rings. The summed E-state index contributed by atoms with van der Waals surface area (Å²) in [7, 11) is 0. The first-order valence-corrected chi connectivity index (χ1v) is 11.2. The first-order valence-electron chi connectivity index (χ1n) is 10.3. The number of hydrogen-bond acceptors (Lipinski definition) is 5. The predicted octanol–water partition coefficient (Wildman–Crippen LogP) is 4.94. The van der Waals surface area contributed by atoms with Gasteiger partial charge >= 0.3 is 0 Å². The van der Waals surface area contributed by atoms with Gasteiger partial charge in [-0.05, 0) is 56.3 Å². The number of hydrogen-bond donors (Lipinski definition) is 0. The highest BCUT2D eigenvalue weighted by Crippen LogP contribution is 2.37. The van der Waals surface area contributed by atoms with Crippen LogP contribution < -0.4 is 0 Å². The van der Waals surface area contributed by atoms with Crippen LogP contribution >= 0.6 is 11.3 Å². The zero-order valence-corrected chi connectivity index (χ0v) is 17.8. The van der Waals surface area contributed by atoms with Crippen LogP contribution in [0.3, 0.4) is 0 Å². The van der Waals surface area contributed by atoms with Crippen molar-refractivity contribution < 1.29 is 4.79 Å². The molecule has 4 heterocycles. The van der Waals surface area contributed by atoms with Gasteiger partial charge in [0.2, 0.25) is 0 Å². The Morgan fingerprint density at radius 1 is 1.30 bits per heavy atom. The second kappa shape index (κ2) is 7.65. The smallest absolute Gasteiger partial charge is 0.255 e. The lowest BCUT2D eigenvalue weighted by Crippen LogP contribution is -2.36. The number of aryl methyl sites for hydroxylation is 1. The molecule has 4 aromatic rings. The average molecular weight is 418 g/mol. The minimum Gasteiger partial charge on any atom is -0.327 e. The van der Waals surface area contributed by atoms with Gasteiger partial charge in [0.25, 0.3) is 5.91 Å². The maximum Gasteiger partial charge on any atom is 0.255 e. The lowest BCUT2D eigenvalue weighted by Gasteiger charge is -2.29. The summed E-state index contributed by atoms with van der Waals surface area (Å²) in [6, 6.07) is 12.0. The van der Waals surface area contributed by atoms with E-state index in [1.165, 1.54) is 0 Å². The second-order valence-electron chi connectivity index (χ2n) is 7.60. The van der Waals surface area contributed by atoms with Crippen molar-refractivity contribution in [3.05, 3.63) is 65.4 Å². The van der Waals surface area contributed by atoms with Crippen molar-refractivity contribution in [1.82, 2.24) is 24.6 Å². The summed E-state index contributed by atoms with van der Waals surface area (Å²) in [6.45, 7) is 4.80. The van der Waals surface area contributed by atoms with Gasteiger partial charge in [-0.15, -0.1) is 11.3 Å². The summed E-state index contributed by atoms with van der Waals surface area (Å²) in [6.07, 6.45) is 5.62. The Morgan fingerprint density at radius 2 is 2.17 bits per heavy atom. The first kappa shape index (κ1) is 18.9. The molecule has 0 aromatic carbocycles. The number of pyridine rings is 2. The van der Waals surface area contributed by atoms with Crippen LogP contribution in [-0.4, -0.2) is 36.6 Å². The first-order chi connectivity index (χ1) is 14.7. The molecule has 7 heteroatoms. The lowest BCUT2D eigenvalue weighted by atomic mass is 10.1. The highest BCUT2D eigenvalue weighted by molar-refractivity contribution is 7.13. The Balaban J connectivity index is 1.63. The summed E-state index contributed by atoms with van der Waals surface area (Å²) < 4.78 is 1.85. The van der Waals surface area contributed by atoms with Crippen molar-refractivity contribution in [3.8, 4) is 10.6 Å². The van der Waals surface area contributed by atoms with E-state index in [-0.39, 0.29) is 18.0 Å². The van der Waals surface area contributed by atoms with E-state index in [1.54, 1.807) is 23.7 Å². The molecule has 0 radical (unpaired) electrons. The number of aromatic nitrogens is 4. The van der Waals surface area contributed by atoms with Gasteiger partial charge in [0.1, 0.15) is 0 Å². The van der Waals surface area contributed by atoms with Crippen molar-refractivity contribution in [2.24, 2.45) is 0 Å². The van der Waals surface area contributed by atoms with Gasteiger partial charge in [-0.3, -0.25) is 9.78 Å². The van der Waals surface area contributed by atoms with Crippen molar-refractivity contribution in [2.45, 2.75) is 45.3 Å². The molecular formula is C23H23N5OS. The molecule has 152 valence electrons. The Hall–Kier alpha value is -3.06. The van der Waals surface area contributed by atoms with Crippen LogP contribution in [0.1, 0.15) is 48.8 Å². The highest BCUT2D eigenvalue weighted by atomic mass is 32.1. The number of nitrogens with zero attached hydrogens (tertiary/aromatic N) is 5. The zero-order chi connectivity index (χ0) is 20.7. The fourth-order valence-corrected chi connectivity index (χ4v) is 4.61. The van der Waals surface area contributed by atoms with Gasteiger partial charge in [-0.1, -0.05) is 12.1 Å². The van der Waals surface area contributed by atoms with Crippen LogP contribution in [0.5, 0.6) is 0 Å². The Morgan fingerprint density at radius 3 is 2.83 bits per heavy atom. The SMILES string of the molecule is CCn1ncc2c(C(=O)N(C3CC3)[C@@H](C)c3ccccn3)cc(-c3cccs3)nc21. The number of fused-ring (bicyclic) bond motifs is 1. The average Bonchev–Trinajstić information content (AvgIpc) is 3.28. The topological polar surface area (TPSA) is 63.9 Å². The normalized spacial score (nSPS) is 14.7. The quantitative estimate of drug-likeness (QED) is 0.446. The number of carbonyl (C=O) groups excluding carboxylic acids is 1. The molecule has 0 unspecified atom stereocenters. The van der Waals surface area contributed by atoms with E-state index in [1.807, 2.05) is 58.3 Å². The van der Waals surface area contributed by atoms with E-state index < -0.39 is 0 Å². The number of thiophene rings is 1. The molecule has 6 nitrogen and oxygen atoms in total. The van der Waals surface area contributed by atoms with Gasteiger partial charge in [-0.2, -0.15) is 5.10 Å². The van der Waals surface area contributed by atoms with Crippen molar-refractivity contribution in [2.75, 3.05) is 0 Å². The van der Waals surface area contributed by atoms with Crippen LogP contribution in [0.15, 0.2) is 54.2 Å². The Bertz CT molecular complexity index is 1180. The van der Waals surface area contributed by atoms with Crippen molar-refractivity contribution in [1.29, 1.82) is 0 Å². The third kappa shape index (κ3) is 3.29. The molecule has 1 amide bonds. The highest BCUT2D eigenvalue weighted by Gasteiger charge is 2.38. The number of rotatable bonds is 6. The maximum absolute atomic E-state index is 13.9. The van der Waals surface area contributed by atoms with Gasteiger partial charge < -0.3 is 4.90 Å². The number of carbonyl (C=O) groups is 1. The van der Waals surface area contributed by atoms with E-state index in [0.717, 1.165) is 40.1 Å². The summed E-state index contributed by atoms with van der Waals surface area (Å²) in [5, 5.41) is 7.31. The Kier molecular flexibility index (Phi) is 4.83. The zero-order valence-electron chi connectivity index (χ0n) is 17.0. The largest absolute Gasteiger partial charge is 0.327 e. The minimum absolute atomic E-state index is 0.0245. The second-order valence-corrected chi connectivity index (χ2v) is 8.55. The summed E-state index contributed by atoms with van der Waals surface area (Å²) in [4.78, 5) is 26.3. The third-order valence-electron chi connectivity index (χ3n) is 5.62. The molecule has 0 aliphatic heterocycles. The van der Waals surface area contributed by atoms with Crippen LogP contribution in [0.25, 0.3) is 21.6 Å². The molecule has 0 saturated heterocycles.